The van der Waals surface area contributed by atoms with Crippen molar-refractivity contribution in [1.29, 1.82) is 0 Å². The number of amides is 1. The standard InChI is InChI=1S/C13H14Br2N2O2.ClH/c1-7(6-16)17(2)13(18)11-4-8-3-9(14)5-10(15)12(8)19-11;/h3-5,7H,6,16H2,1-2H3;1H. The molecule has 2 rings (SSSR count). The Hall–Kier alpha value is -0.560. The molecule has 0 aliphatic carbocycles. The van der Waals surface area contributed by atoms with Gasteiger partial charge in [0, 0.05) is 29.5 Å². The number of likely N-dealkylation sites (N-methyl/N-ethyl adjacent to an activating group) is 1. The van der Waals surface area contributed by atoms with Crippen LogP contribution in [0.3, 0.4) is 0 Å². The molecular weight excluding hydrogens is 411 g/mol. The molecule has 2 N–H and O–H groups in total. The number of carbonyl (C=O) groups excluding carboxylic acids is 1. The molecule has 0 radical (unpaired) electrons. The number of hydrogen-bond donors (Lipinski definition) is 1. The molecule has 0 aliphatic rings. The van der Waals surface area contributed by atoms with E-state index in [0.29, 0.717) is 17.9 Å². The Morgan fingerprint density at radius 2 is 2.05 bits per heavy atom. The fourth-order valence-electron chi connectivity index (χ4n) is 1.71. The molecule has 1 amide bonds. The minimum atomic E-state index is -0.169. The van der Waals surface area contributed by atoms with E-state index >= 15 is 0 Å². The van der Waals surface area contributed by atoms with Crippen LogP contribution in [0, 0.1) is 0 Å². The summed E-state index contributed by atoms with van der Waals surface area (Å²) in [5.41, 5.74) is 6.24. The highest BCUT2D eigenvalue weighted by Gasteiger charge is 2.21. The van der Waals surface area contributed by atoms with Crippen LogP contribution in [-0.4, -0.2) is 30.4 Å². The van der Waals surface area contributed by atoms with E-state index in [2.05, 4.69) is 31.9 Å². The first-order valence-electron chi connectivity index (χ1n) is 5.80. The van der Waals surface area contributed by atoms with Crippen LogP contribution >= 0.6 is 44.3 Å². The number of nitrogens with two attached hydrogens (primary N) is 1. The zero-order valence-corrected chi connectivity index (χ0v) is 15.0. The molecule has 1 heterocycles. The van der Waals surface area contributed by atoms with Crippen LogP contribution in [0.4, 0.5) is 0 Å². The molecule has 7 heteroatoms. The summed E-state index contributed by atoms with van der Waals surface area (Å²) in [6, 6.07) is 5.50. The predicted molar refractivity (Wildman–Crippen MR) is 89.5 cm³/mol. The Morgan fingerprint density at radius 1 is 1.40 bits per heavy atom. The number of hydrogen-bond acceptors (Lipinski definition) is 3. The fraction of sp³-hybridized carbons (Fsp3) is 0.308. The van der Waals surface area contributed by atoms with Crippen molar-refractivity contribution in [2.45, 2.75) is 13.0 Å². The SMILES string of the molecule is CC(CN)N(C)C(=O)c1cc2cc(Br)cc(Br)c2o1.Cl. The van der Waals surface area contributed by atoms with Crippen molar-refractivity contribution >= 4 is 61.1 Å². The van der Waals surface area contributed by atoms with E-state index in [9.17, 15) is 4.79 Å². The normalized spacial score (nSPS) is 12.1. The summed E-state index contributed by atoms with van der Waals surface area (Å²) in [5, 5.41) is 0.874. The number of furan rings is 1. The van der Waals surface area contributed by atoms with Crippen molar-refractivity contribution in [3.8, 4) is 0 Å². The van der Waals surface area contributed by atoms with E-state index in [1.54, 1.807) is 18.0 Å². The van der Waals surface area contributed by atoms with Crippen LogP contribution in [0.25, 0.3) is 11.0 Å². The average Bonchev–Trinajstić information content (AvgIpc) is 2.80. The molecule has 2 aromatic rings. The lowest BCUT2D eigenvalue weighted by molar-refractivity contribution is 0.0718. The van der Waals surface area contributed by atoms with Crippen molar-refractivity contribution in [3.05, 3.63) is 32.9 Å². The van der Waals surface area contributed by atoms with Gasteiger partial charge in [-0.25, -0.2) is 0 Å². The molecule has 0 saturated heterocycles. The molecule has 0 saturated carbocycles. The van der Waals surface area contributed by atoms with Crippen molar-refractivity contribution in [2.24, 2.45) is 5.73 Å². The number of fused-ring (bicyclic) bond motifs is 1. The van der Waals surface area contributed by atoms with Crippen LogP contribution in [0.2, 0.25) is 0 Å². The lowest BCUT2D eigenvalue weighted by Gasteiger charge is -2.22. The average molecular weight is 427 g/mol. The third kappa shape index (κ3) is 3.36. The van der Waals surface area contributed by atoms with E-state index in [4.69, 9.17) is 10.2 Å². The second-order valence-corrected chi connectivity index (χ2v) is 6.19. The maximum atomic E-state index is 12.3. The number of benzene rings is 1. The van der Waals surface area contributed by atoms with E-state index < -0.39 is 0 Å². The molecule has 20 heavy (non-hydrogen) atoms. The molecule has 1 aromatic heterocycles. The van der Waals surface area contributed by atoms with Gasteiger partial charge in [-0.3, -0.25) is 4.79 Å². The van der Waals surface area contributed by atoms with E-state index in [-0.39, 0.29) is 24.4 Å². The summed E-state index contributed by atoms with van der Waals surface area (Å²) in [4.78, 5) is 13.8. The molecule has 1 atom stereocenters. The lowest BCUT2D eigenvalue weighted by Crippen LogP contribution is -2.39. The van der Waals surface area contributed by atoms with Gasteiger partial charge in [0.05, 0.1) is 4.47 Å². The Morgan fingerprint density at radius 3 is 2.65 bits per heavy atom. The zero-order valence-electron chi connectivity index (χ0n) is 11.0. The molecule has 1 unspecified atom stereocenters. The Labute approximate surface area is 140 Å². The van der Waals surface area contributed by atoms with Gasteiger partial charge in [-0.1, -0.05) is 15.9 Å². The minimum absolute atomic E-state index is 0. The Bertz CT molecular complexity index is 630. The smallest absolute Gasteiger partial charge is 0.289 e. The molecule has 1 aromatic carbocycles. The monoisotopic (exact) mass is 424 g/mol. The summed E-state index contributed by atoms with van der Waals surface area (Å²) in [6.45, 7) is 2.31. The fourth-order valence-corrected chi connectivity index (χ4v) is 3.05. The van der Waals surface area contributed by atoms with Gasteiger partial charge in [0.15, 0.2) is 5.76 Å². The molecule has 0 spiro atoms. The number of halogens is 3. The van der Waals surface area contributed by atoms with E-state index in [0.717, 1.165) is 14.3 Å². The highest BCUT2D eigenvalue weighted by atomic mass is 79.9. The third-order valence-electron chi connectivity index (χ3n) is 3.07. The van der Waals surface area contributed by atoms with Gasteiger partial charge < -0.3 is 15.1 Å². The van der Waals surface area contributed by atoms with Crippen LogP contribution in [0.1, 0.15) is 17.5 Å². The number of rotatable bonds is 3. The van der Waals surface area contributed by atoms with Crippen LogP contribution in [-0.2, 0) is 0 Å². The highest BCUT2D eigenvalue weighted by Crippen LogP contribution is 2.31. The van der Waals surface area contributed by atoms with Gasteiger partial charge in [0.1, 0.15) is 5.58 Å². The first kappa shape index (κ1) is 17.5. The third-order valence-corrected chi connectivity index (χ3v) is 4.12. The number of carbonyl (C=O) groups is 1. The summed E-state index contributed by atoms with van der Waals surface area (Å²) < 4.78 is 7.37. The lowest BCUT2D eigenvalue weighted by atomic mass is 10.2. The second-order valence-electron chi connectivity index (χ2n) is 4.42. The maximum absolute atomic E-state index is 12.3. The van der Waals surface area contributed by atoms with Crippen molar-refractivity contribution < 1.29 is 9.21 Å². The molecule has 0 bridgehead atoms. The van der Waals surface area contributed by atoms with E-state index in [1.165, 1.54) is 0 Å². The largest absolute Gasteiger partial charge is 0.450 e. The Balaban J connectivity index is 0.00000200. The topological polar surface area (TPSA) is 59.5 Å². The van der Waals surface area contributed by atoms with Crippen molar-refractivity contribution in [2.75, 3.05) is 13.6 Å². The summed E-state index contributed by atoms with van der Waals surface area (Å²) in [6.07, 6.45) is 0. The summed E-state index contributed by atoms with van der Waals surface area (Å²) in [5.74, 6) is 0.147. The molecule has 110 valence electrons. The summed E-state index contributed by atoms with van der Waals surface area (Å²) in [7, 11) is 1.72. The predicted octanol–water partition coefficient (Wildman–Crippen LogP) is 3.80. The summed E-state index contributed by atoms with van der Waals surface area (Å²) >= 11 is 6.83. The molecular formula is C13H15Br2ClN2O2. The molecule has 4 nitrogen and oxygen atoms in total. The first-order chi connectivity index (χ1) is 8.93. The quantitative estimate of drug-likeness (QED) is 0.812. The molecule has 0 fully saturated rings. The van der Waals surface area contributed by atoms with Gasteiger partial charge in [-0.05, 0) is 41.1 Å². The van der Waals surface area contributed by atoms with Gasteiger partial charge in [0.25, 0.3) is 5.91 Å². The van der Waals surface area contributed by atoms with Crippen molar-refractivity contribution in [3.63, 3.8) is 0 Å². The van der Waals surface area contributed by atoms with Crippen LogP contribution in [0.5, 0.6) is 0 Å². The minimum Gasteiger partial charge on any atom is -0.450 e. The zero-order chi connectivity index (χ0) is 14.2. The van der Waals surface area contributed by atoms with Gasteiger partial charge in [0.2, 0.25) is 0 Å². The highest BCUT2D eigenvalue weighted by molar-refractivity contribution is 9.11. The Kier molecular flexibility index (Phi) is 6.06. The van der Waals surface area contributed by atoms with Crippen molar-refractivity contribution in [1.82, 2.24) is 4.90 Å². The molecule has 0 aliphatic heterocycles. The van der Waals surface area contributed by atoms with Gasteiger partial charge >= 0.3 is 0 Å². The van der Waals surface area contributed by atoms with Gasteiger partial charge in [-0.2, -0.15) is 0 Å². The maximum Gasteiger partial charge on any atom is 0.289 e. The van der Waals surface area contributed by atoms with Crippen LogP contribution < -0.4 is 5.73 Å². The first-order valence-corrected chi connectivity index (χ1v) is 7.38. The second kappa shape index (κ2) is 6.93. The van der Waals surface area contributed by atoms with E-state index in [1.807, 2.05) is 19.1 Å². The number of nitrogens with zero attached hydrogens (tertiary/aromatic N) is 1. The van der Waals surface area contributed by atoms with Crippen LogP contribution in [0.15, 0.2) is 31.6 Å². The van der Waals surface area contributed by atoms with Gasteiger partial charge in [-0.15, -0.1) is 12.4 Å².